The maximum Gasteiger partial charge on any atom is 0.254 e. The van der Waals surface area contributed by atoms with Gasteiger partial charge < -0.3 is 14.6 Å². The molecule has 32 heavy (non-hydrogen) atoms. The van der Waals surface area contributed by atoms with E-state index in [2.05, 4.69) is 34.7 Å². The van der Waals surface area contributed by atoms with Crippen molar-refractivity contribution in [2.24, 2.45) is 0 Å². The molecule has 2 aliphatic rings. The van der Waals surface area contributed by atoms with Crippen LogP contribution >= 0.6 is 0 Å². The van der Waals surface area contributed by atoms with Crippen molar-refractivity contribution in [3.63, 3.8) is 0 Å². The number of aryl methyl sites for hydroxylation is 1. The van der Waals surface area contributed by atoms with Gasteiger partial charge in [-0.3, -0.25) is 9.59 Å². The number of piperidine rings is 1. The van der Waals surface area contributed by atoms with Gasteiger partial charge in [-0.1, -0.05) is 12.5 Å². The highest BCUT2D eigenvalue weighted by atomic mass is 16.2. The first-order valence-electron chi connectivity index (χ1n) is 11.6. The quantitative estimate of drug-likeness (QED) is 0.671. The highest BCUT2D eigenvalue weighted by Gasteiger charge is 2.29. The molecule has 0 radical (unpaired) electrons. The van der Waals surface area contributed by atoms with Gasteiger partial charge in [0.05, 0.1) is 0 Å². The summed E-state index contributed by atoms with van der Waals surface area (Å²) < 4.78 is 2.02. The number of rotatable bonds is 4. The van der Waals surface area contributed by atoms with E-state index < -0.39 is 0 Å². The van der Waals surface area contributed by atoms with Crippen molar-refractivity contribution in [1.82, 2.24) is 19.6 Å². The molecule has 1 saturated carbocycles. The third-order valence-electron chi connectivity index (χ3n) is 7.32. The molecule has 6 nitrogen and oxygen atoms in total. The van der Waals surface area contributed by atoms with Crippen LogP contribution in [0.5, 0.6) is 0 Å². The number of likely N-dealkylation sites (tertiary alicyclic amines) is 1. The fraction of sp³-hybridized carbons (Fsp3) is 0.423. The summed E-state index contributed by atoms with van der Waals surface area (Å²) in [4.78, 5) is 32.3. The summed E-state index contributed by atoms with van der Waals surface area (Å²) in [6.07, 6.45) is 11.1. The Hall–Kier alpha value is -3.15. The number of carbonyl (C=O) groups excluding carboxylic acids is 2. The molecule has 1 N–H and O–H groups in total. The lowest BCUT2D eigenvalue weighted by atomic mass is 9.77. The van der Waals surface area contributed by atoms with E-state index in [1.807, 2.05) is 34.7 Å². The number of carbonyl (C=O) groups is 2. The highest BCUT2D eigenvalue weighted by molar-refractivity contribution is 6.01. The lowest BCUT2D eigenvalue weighted by molar-refractivity contribution is 0.0712. The first-order valence-corrected chi connectivity index (χ1v) is 11.6. The van der Waals surface area contributed by atoms with E-state index in [4.69, 9.17) is 0 Å². The zero-order chi connectivity index (χ0) is 22.2. The van der Waals surface area contributed by atoms with E-state index in [1.165, 1.54) is 12.0 Å². The zero-order valence-electron chi connectivity index (χ0n) is 18.8. The average molecular weight is 431 g/mol. The lowest BCUT2D eigenvalue weighted by Crippen LogP contribution is -2.38. The Labute approximate surface area is 188 Å². The van der Waals surface area contributed by atoms with E-state index in [9.17, 15) is 9.59 Å². The van der Waals surface area contributed by atoms with Crippen molar-refractivity contribution in [3.8, 4) is 0 Å². The third kappa shape index (κ3) is 3.68. The summed E-state index contributed by atoms with van der Waals surface area (Å²) in [5.74, 6) is 0.807. The van der Waals surface area contributed by atoms with Crippen molar-refractivity contribution in [2.75, 3.05) is 20.1 Å². The average Bonchev–Trinajstić information content (AvgIpc) is 3.25. The van der Waals surface area contributed by atoms with Crippen LogP contribution in [0.15, 0.2) is 42.9 Å². The van der Waals surface area contributed by atoms with Crippen LogP contribution in [-0.2, 0) is 0 Å². The van der Waals surface area contributed by atoms with Gasteiger partial charge in [0.25, 0.3) is 11.8 Å². The number of benzene rings is 1. The third-order valence-corrected chi connectivity index (χ3v) is 7.32. The Morgan fingerprint density at radius 2 is 1.78 bits per heavy atom. The minimum absolute atomic E-state index is 0.0370. The number of hydrogen-bond acceptors (Lipinski definition) is 3. The van der Waals surface area contributed by atoms with Crippen molar-refractivity contribution in [2.45, 2.75) is 50.9 Å². The van der Waals surface area contributed by atoms with Crippen LogP contribution in [0.1, 0.15) is 81.3 Å². The summed E-state index contributed by atoms with van der Waals surface area (Å²) in [6.45, 7) is 3.44. The van der Waals surface area contributed by atoms with Crippen LogP contribution in [0.25, 0.3) is 5.65 Å². The molecule has 0 bridgehead atoms. The van der Waals surface area contributed by atoms with Crippen LogP contribution < -0.4 is 5.32 Å². The molecule has 6 heteroatoms. The smallest absolute Gasteiger partial charge is 0.254 e. The normalized spacial score (nSPS) is 17.4. The Kier molecular flexibility index (Phi) is 5.45. The van der Waals surface area contributed by atoms with Crippen molar-refractivity contribution in [1.29, 1.82) is 0 Å². The number of nitrogens with zero attached hydrogens (tertiary/aromatic N) is 3. The van der Waals surface area contributed by atoms with Crippen LogP contribution in [0.2, 0.25) is 0 Å². The second-order valence-corrected chi connectivity index (χ2v) is 9.18. The molecule has 5 rings (SSSR count). The Bertz CT molecular complexity index is 1170. The summed E-state index contributed by atoms with van der Waals surface area (Å²) in [6, 6.07) is 8.23. The number of imidazole rings is 1. The molecule has 3 heterocycles. The Balaban J connectivity index is 1.33. The molecule has 2 aromatic heterocycles. The molecule has 166 valence electrons. The van der Waals surface area contributed by atoms with Gasteiger partial charge >= 0.3 is 0 Å². The molecule has 0 atom stereocenters. The molecule has 1 aliphatic carbocycles. The number of fused-ring (bicyclic) bond motifs is 1. The molecule has 2 amide bonds. The predicted molar refractivity (Wildman–Crippen MR) is 124 cm³/mol. The van der Waals surface area contributed by atoms with E-state index in [-0.39, 0.29) is 11.8 Å². The van der Waals surface area contributed by atoms with Crippen LogP contribution in [0, 0.1) is 6.92 Å². The van der Waals surface area contributed by atoms with E-state index >= 15 is 0 Å². The van der Waals surface area contributed by atoms with E-state index in [1.54, 1.807) is 7.05 Å². The number of amides is 2. The van der Waals surface area contributed by atoms with Gasteiger partial charge in [0.15, 0.2) is 0 Å². The summed E-state index contributed by atoms with van der Waals surface area (Å²) in [7, 11) is 1.65. The van der Waals surface area contributed by atoms with Gasteiger partial charge in [0.1, 0.15) is 5.65 Å². The fourth-order valence-electron chi connectivity index (χ4n) is 5.12. The van der Waals surface area contributed by atoms with Gasteiger partial charge in [-0.15, -0.1) is 0 Å². The molecule has 2 fully saturated rings. The van der Waals surface area contributed by atoms with Crippen LogP contribution in [0.4, 0.5) is 0 Å². The second kappa shape index (κ2) is 8.41. The second-order valence-electron chi connectivity index (χ2n) is 9.18. The molecule has 0 spiro atoms. The van der Waals surface area contributed by atoms with Crippen molar-refractivity contribution in [3.05, 3.63) is 70.7 Å². The van der Waals surface area contributed by atoms with E-state index in [0.717, 1.165) is 55.5 Å². The van der Waals surface area contributed by atoms with Gasteiger partial charge in [0, 0.05) is 49.9 Å². The van der Waals surface area contributed by atoms with E-state index in [0.29, 0.717) is 23.0 Å². The molecular formula is C26H30N4O2. The van der Waals surface area contributed by atoms with Gasteiger partial charge in [-0.2, -0.15) is 0 Å². The van der Waals surface area contributed by atoms with Crippen molar-refractivity contribution >= 4 is 17.5 Å². The molecule has 1 aromatic carbocycles. The Morgan fingerprint density at radius 1 is 1.00 bits per heavy atom. The number of aromatic nitrogens is 2. The summed E-state index contributed by atoms with van der Waals surface area (Å²) in [5, 5.41) is 2.75. The largest absolute Gasteiger partial charge is 0.355 e. The standard InChI is InChI=1S/C26H30N4O2/c1-17-14-22(19-4-3-5-19)23(25(31)27-2)16-21(17)26(32)30-11-6-18(7-12-30)20-8-10-29-13-9-28-24(29)15-20/h8-10,13-16,18-19H,3-7,11-12H2,1-2H3,(H,27,31). The summed E-state index contributed by atoms with van der Waals surface area (Å²) >= 11 is 0. The highest BCUT2D eigenvalue weighted by Crippen LogP contribution is 2.39. The Morgan fingerprint density at radius 3 is 2.47 bits per heavy atom. The van der Waals surface area contributed by atoms with Crippen LogP contribution in [0.3, 0.4) is 0 Å². The molecule has 0 unspecified atom stereocenters. The predicted octanol–water partition coefficient (Wildman–Crippen LogP) is 4.29. The molecule has 3 aromatic rings. The maximum atomic E-state index is 13.4. The molecular weight excluding hydrogens is 400 g/mol. The number of pyridine rings is 1. The minimum Gasteiger partial charge on any atom is -0.355 e. The first-order chi connectivity index (χ1) is 15.5. The fourth-order valence-corrected chi connectivity index (χ4v) is 5.12. The molecule has 1 aliphatic heterocycles. The topological polar surface area (TPSA) is 66.7 Å². The van der Waals surface area contributed by atoms with Gasteiger partial charge in [-0.05, 0) is 79.3 Å². The number of hydrogen-bond donors (Lipinski definition) is 1. The zero-order valence-corrected chi connectivity index (χ0v) is 18.8. The summed E-state index contributed by atoms with van der Waals surface area (Å²) in [5.41, 5.74) is 5.63. The monoisotopic (exact) mass is 430 g/mol. The van der Waals surface area contributed by atoms with Gasteiger partial charge in [-0.25, -0.2) is 4.98 Å². The minimum atomic E-state index is -0.103. The SMILES string of the molecule is CNC(=O)c1cc(C(=O)N2CCC(c3ccn4ccnc4c3)CC2)c(C)cc1C1CCC1. The molecule has 1 saturated heterocycles. The lowest BCUT2D eigenvalue weighted by Gasteiger charge is -2.33. The van der Waals surface area contributed by atoms with Crippen molar-refractivity contribution < 1.29 is 9.59 Å². The van der Waals surface area contributed by atoms with Crippen LogP contribution in [-0.4, -0.2) is 46.2 Å². The van der Waals surface area contributed by atoms with Gasteiger partial charge in [0.2, 0.25) is 0 Å². The first kappa shape index (κ1) is 20.7. The number of nitrogens with one attached hydrogen (secondary N) is 1. The maximum absolute atomic E-state index is 13.4.